The molecule has 0 bridgehead atoms. The Morgan fingerprint density at radius 3 is 2.24 bits per heavy atom. The van der Waals surface area contributed by atoms with Gasteiger partial charge in [-0.2, -0.15) is 13.2 Å². The van der Waals surface area contributed by atoms with Crippen LogP contribution in [-0.2, 0) is 9.53 Å². The van der Waals surface area contributed by atoms with Gasteiger partial charge in [-0.1, -0.05) is 0 Å². The summed E-state index contributed by atoms with van der Waals surface area (Å²) in [6, 6.07) is -0.128. The first kappa shape index (κ1) is 15.9. The zero-order valence-corrected chi connectivity index (χ0v) is 12.2. The van der Waals surface area contributed by atoms with Crippen LogP contribution in [0.5, 0.6) is 0 Å². The molecule has 0 radical (unpaired) electrons. The summed E-state index contributed by atoms with van der Waals surface area (Å²) in [4.78, 5) is 25.5. The molecule has 0 aromatic heterocycles. The molecule has 2 saturated heterocycles. The standard InChI is InChI=1S/C13H19F3N2O3/c1-12(2,3)21-11(20)18-7-8-6-17(5-4-9(8)18)10(19)13(14,15)16/h8-9H,4-7H2,1-3H3/t8-,9-/m0/s1. The van der Waals surface area contributed by atoms with Crippen molar-refractivity contribution in [2.24, 2.45) is 5.92 Å². The number of hydrogen-bond acceptors (Lipinski definition) is 3. The van der Waals surface area contributed by atoms with Crippen molar-refractivity contribution in [2.45, 2.75) is 45.0 Å². The number of hydrogen-bond donors (Lipinski definition) is 0. The van der Waals surface area contributed by atoms with Crippen molar-refractivity contribution in [1.82, 2.24) is 9.80 Å². The number of carbonyl (C=O) groups excluding carboxylic acids is 2. The molecule has 5 nitrogen and oxygen atoms in total. The fourth-order valence-electron chi connectivity index (χ4n) is 2.75. The van der Waals surface area contributed by atoms with Crippen LogP contribution in [0.2, 0.25) is 0 Å². The van der Waals surface area contributed by atoms with Gasteiger partial charge in [0.15, 0.2) is 0 Å². The molecule has 0 aromatic carbocycles. The van der Waals surface area contributed by atoms with Gasteiger partial charge in [-0.25, -0.2) is 4.79 Å². The molecule has 2 aliphatic rings. The average Bonchev–Trinajstić information content (AvgIpc) is 2.26. The van der Waals surface area contributed by atoms with E-state index in [-0.39, 0.29) is 25.0 Å². The second-order valence-electron chi connectivity index (χ2n) is 6.50. The quantitative estimate of drug-likeness (QED) is 0.688. The van der Waals surface area contributed by atoms with Crippen LogP contribution >= 0.6 is 0 Å². The van der Waals surface area contributed by atoms with Gasteiger partial charge in [0, 0.05) is 31.6 Å². The van der Waals surface area contributed by atoms with Crippen LogP contribution in [0.4, 0.5) is 18.0 Å². The van der Waals surface area contributed by atoms with Crippen LogP contribution in [0.3, 0.4) is 0 Å². The second-order valence-corrected chi connectivity index (χ2v) is 6.50. The van der Waals surface area contributed by atoms with E-state index in [9.17, 15) is 22.8 Å². The summed E-state index contributed by atoms with van der Waals surface area (Å²) in [6.45, 7) is 5.66. The minimum Gasteiger partial charge on any atom is -0.444 e. The van der Waals surface area contributed by atoms with Crippen LogP contribution in [0.25, 0.3) is 0 Å². The van der Waals surface area contributed by atoms with Gasteiger partial charge >= 0.3 is 18.2 Å². The van der Waals surface area contributed by atoms with Gasteiger partial charge in [0.2, 0.25) is 0 Å². The minimum absolute atomic E-state index is 0.0127. The number of ether oxygens (including phenoxy) is 1. The maximum atomic E-state index is 12.4. The van der Waals surface area contributed by atoms with Crippen molar-refractivity contribution in [1.29, 1.82) is 0 Å². The van der Waals surface area contributed by atoms with Gasteiger partial charge in [-0.3, -0.25) is 4.79 Å². The molecule has 120 valence electrons. The lowest BCUT2D eigenvalue weighted by Crippen LogP contribution is -2.66. The summed E-state index contributed by atoms with van der Waals surface area (Å²) < 4.78 is 42.4. The number of likely N-dealkylation sites (tertiary alicyclic amines) is 2. The highest BCUT2D eigenvalue weighted by Crippen LogP contribution is 2.34. The number of piperidine rings is 1. The molecule has 2 heterocycles. The number of amides is 2. The van der Waals surface area contributed by atoms with Crippen LogP contribution in [0.1, 0.15) is 27.2 Å². The summed E-state index contributed by atoms with van der Waals surface area (Å²) in [5.74, 6) is -1.89. The fourth-order valence-corrected chi connectivity index (χ4v) is 2.75. The van der Waals surface area contributed by atoms with Gasteiger partial charge in [0.1, 0.15) is 5.60 Å². The number of nitrogens with zero attached hydrogens (tertiary/aromatic N) is 2. The van der Waals surface area contributed by atoms with E-state index in [4.69, 9.17) is 4.74 Å². The van der Waals surface area contributed by atoms with Crippen LogP contribution in [-0.4, -0.2) is 59.3 Å². The molecule has 2 fully saturated rings. The predicted molar refractivity (Wildman–Crippen MR) is 67.5 cm³/mol. The SMILES string of the molecule is CC(C)(C)OC(=O)N1C[C@@H]2CN(C(=O)C(F)(F)F)CC[C@@H]21. The summed E-state index contributed by atoms with van der Waals surface area (Å²) in [5, 5.41) is 0. The number of rotatable bonds is 0. The fraction of sp³-hybridized carbons (Fsp3) is 0.846. The summed E-state index contributed by atoms with van der Waals surface area (Å²) >= 11 is 0. The Morgan fingerprint density at radius 1 is 1.14 bits per heavy atom. The number of fused-ring (bicyclic) bond motifs is 1. The number of alkyl halides is 3. The van der Waals surface area contributed by atoms with Crippen molar-refractivity contribution in [3.05, 3.63) is 0 Å². The lowest BCUT2D eigenvalue weighted by molar-refractivity contribution is -0.190. The van der Waals surface area contributed by atoms with E-state index >= 15 is 0 Å². The molecule has 8 heteroatoms. The van der Waals surface area contributed by atoms with Crippen molar-refractivity contribution in [3.63, 3.8) is 0 Å². The zero-order chi connectivity index (χ0) is 16.0. The molecule has 0 aliphatic carbocycles. The van der Waals surface area contributed by atoms with Crippen molar-refractivity contribution >= 4 is 12.0 Å². The summed E-state index contributed by atoms with van der Waals surface area (Å²) in [6.07, 6.45) is -4.92. The van der Waals surface area contributed by atoms with Gasteiger partial charge < -0.3 is 14.5 Å². The normalized spacial score (nSPS) is 26.0. The first-order chi connectivity index (χ1) is 9.49. The Kier molecular flexibility index (Phi) is 3.84. The monoisotopic (exact) mass is 308 g/mol. The highest BCUT2D eigenvalue weighted by atomic mass is 19.4. The first-order valence-electron chi connectivity index (χ1n) is 6.85. The summed E-state index contributed by atoms with van der Waals surface area (Å²) in [7, 11) is 0. The van der Waals surface area contributed by atoms with E-state index < -0.39 is 23.8 Å². The topological polar surface area (TPSA) is 49.9 Å². The largest absolute Gasteiger partial charge is 0.471 e. The lowest BCUT2D eigenvalue weighted by atomic mass is 9.83. The number of carbonyl (C=O) groups is 2. The highest BCUT2D eigenvalue weighted by Gasteiger charge is 2.50. The maximum Gasteiger partial charge on any atom is 0.471 e. The molecular weight excluding hydrogens is 289 g/mol. The van der Waals surface area contributed by atoms with E-state index in [0.717, 1.165) is 4.90 Å². The Balaban J connectivity index is 1.90. The third-order valence-corrected chi connectivity index (χ3v) is 3.68. The molecule has 0 unspecified atom stereocenters. The Bertz CT molecular complexity index is 445. The van der Waals surface area contributed by atoms with E-state index in [1.807, 2.05) is 0 Å². The van der Waals surface area contributed by atoms with Crippen molar-refractivity contribution < 1.29 is 27.5 Å². The number of halogens is 3. The van der Waals surface area contributed by atoms with Crippen LogP contribution < -0.4 is 0 Å². The second kappa shape index (κ2) is 5.06. The van der Waals surface area contributed by atoms with Gasteiger partial charge in [0.25, 0.3) is 0 Å². The van der Waals surface area contributed by atoms with Gasteiger partial charge in [0.05, 0.1) is 0 Å². The minimum atomic E-state index is -4.83. The first-order valence-corrected chi connectivity index (χ1v) is 6.85. The third kappa shape index (κ3) is 3.41. The van der Waals surface area contributed by atoms with Crippen LogP contribution in [0, 0.1) is 5.92 Å². The average molecular weight is 308 g/mol. The molecule has 0 aromatic rings. The Hall–Kier alpha value is -1.47. The maximum absolute atomic E-state index is 12.4. The van der Waals surface area contributed by atoms with E-state index in [2.05, 4.69) is 0 Å². The highest BCUT2D eigenvalue weighted by molar-refractivity contribution is 5.82. The molecule has 21 heavy (non-hydrogen) atoms. The molecule has 2 rings (SSSR count). The molecule has 0 saturated carbocycles. The van der Waals surface area contributed by atoms with Gasteiger partial charge in [-0.05, 0) is 27.2 Å². The molecule has 2 amide bonds. The smallest absolute Gasteiger partial charge is 0.444 e. The molecule has 2 atom stereocenters. The Morgan fingerprint density at radius 2 is 1.76 bits per heavy atom. The molecule has 2 aliphatic heterocycles. The van der Waals surface area contributed by atoms with Crippen molar-refractivity contribution in [2.75, 3.05) is 19.6 Å². The van der Waals surface area contributed by atoms with Gasteiger partial charge in [-0.15, -0.1) is 0 Å². The van der Waals surface area contributed by atoms with Crippen molar-refractivity contribution in [3.8, 4) is 0 Å². The van der Waals surface area contributed by atoms with E-state index in [1.54, 1.807) is 20.8 Å². The third-order valence-electron chi connectivity index (χ3n) is 3.68. The summed E-state index contributed by atoms with van der Waals surface area (Å²) in [5.41, 5.74) is -0.602. The molecular formula is C13H19F3N2O3. The van der Waals surface area contributed by atoms with Crippen LogP contribution in [0.15, 0.2) is 0 Å². The lowest BCUT2D eigenvalue weighted by Gasteiger charge is -2.52. The van der Waals surface area contributed by atoms with E-state index in [0.29, 0.717) is 13.0 Å². The predicted octanol–water partition coefficient (Wildman–Crippen LogP) is 2.02. The van der Waals surface area contributed by atoms with E-state index in [1.165, 1.54) is 4.90 Å². The zero-order valence-electron chi connectivity index (χ0n) is 12.2. The Labute approximate surface area is 121 Å². The molecule has 0 N–H and O–H groups in total. The molecule has 0 spiro atoms.